The van der Waals surface area contributed by atoms with Crippen LogP contribution in [0.3, 0.4) is 0 Å². The summed E-state index contributed by atoms with van der Waals surface area (Å²) in [7, 11) is 0. The van der Waals surface area contributed by atoms with E-state index < -0.39 is 24.5 Å². The van der Waals surface area contributed by atoms with Gasteiger partial charge in [0, 0.05) is 76.0 Å². The maximum atomic E-state index is 9.71. The molecule has 2 aliphatic heterocycles. The molecule has 88 heavy (non-hydrogen) atoms. The van der Waals surface area contributed by atoms with Crippen molar-refractivity contribution in [2.24, 2.45) is 5.92 Å². The molecule has 0 aliphatic carbocycles. The molecule has 2 aliphatic rings. The fraction of sp³-hybridized carbons (Fsp3) is 0.0500. The van der Waals surface area contributed by atoms with E-state index in [-0.39, 0.29) is 44.6 Å². The van der Waals surface area contributed by atoms with Crippen molar-refractivity contribution in [1.82, 2.24) is 15.0 Å². The molecule has 0 N–H and O–H groups in total. The first kappa shape index (κ1) is 47.7. The van der Waals surface area contributed by atoms with Gasteiger partial charge in [-0.05, 0) is 87.1 Å². The molecule has 11 aromatic carbocycles. The van der Waals surface area contributed by atoms with Crippen LogP contribution in [0.15, 0.2) is 291 Å². The Kier molecular flexibility index (Phi) is 13.1. The molecule has 0 spiro atoms. The number of anilines is 10. The number of pyridine rings is 1. The summed E-state index contributed by atoms with van der Waals surface area (Å²) in [5.74, 6) is 1.03. The van der Waals surface area contributed by atoms with Crippen LogP contribution in [0.25, 0.3) is 77.9 Å². The fourth-order valence-corrected chi connectivity index (χ4v) is 12.0. The molecule has 0 amide bonds. The number of nitrogens with zero attached hydrogens (tertiary/aromatic N) is 7. The average molecular weight is 1320 g/mol. The minimum atomic E-state index is -1.76. The smallest absolute Gasteiger partial charge is 0.145 e. The van der Waals surface area contributed by atoms with Crippen LogP contribution in [0.5, 0.6) is 0 Å². The molecule has 8 heteroatoms. The van der Waals surface area contributed by atoms with Crippen molar-refractivity contribution in [3.05, 3.63) is 316 Å². The van der Waals surface area contributed by atoms with E-state index in [1.165, 1.54) is 0 Å². The van der Waals surface area contributed by atoms with Gasteiger partial charge in [-0.25, -0.2) is 15.0 Å². The molecule has 0 saturated carbocycles. The van der Waals surface area contributed by atoms with Gasteiger partial charge in [0.15, 0.2) is 0 Å². The molecular weight excluding hydrogens is 1250 g/mol. The van der Waals surface area contributed by atoms with E-state index in [4.69, 9.17) is 19.1 Å². The summed E-state index contributed by atoms with van der Waals surface area (Å²) in [6.45, 7) is 5.72. The van der Waals surface area contributed by atoms with Crippen LogP contribution in [-0.4, -0.2) is 15.0 Å². The van der Waals surface area contributed by atoms with E-state index >= 15 is 0 Å². The third kappa shape index (κ3) is 10.4. The molecule has 13 aromatic rings. The summed E-state index contributed by atoms with van der Waals surface area (Å²) in [5.41, 5.74) is 16.5. The summed E-state index contributed by atoms with van der Waals surface area (Å²) in [6.07, 6.45) is 3.32. The SMILES string of the molecule is [2H]c1c([2H])c([2H])c(-c2cccc(-c3cccc(-c4ccccc4)c3)c2N2[CH-]N(c3[c-]c(N(c4[c-]c5c(cc4)-c4ccccc4-c4ccccc4N5c4cc(C([2H])([2H])C(C)C)c(-c5ccccc5)cn4)c4ccccc4)cc(-c4ccccc4)c3)c3nccnc32)c([2H])c1[2H].[Pt]. The van der Waals surface area contributed by atoms with Crippen LogP contribution in [-0.2, 0) is 27.4 Å². The Bertz CT molecular complexity index is 5030. The van der Waals surface area contributed by atoms with E-state index in [2.05, 4.69) is 131 Å². The number of para-hydroxylation sites is 3. The minimum Gasteiger partial charge on any atom is -0.477 e. The molecule has 426 valence electrons. The standard InChI is InChI=1S/C80H58N7.Pt/c1-55(2)46-63-50-77(83-53-74(63)59-30-14-6-15-31-59)87-75-41-21-20-38-72(75)70-36-18-19-37-71(70)73-43-42-65(52-76(73)87)86(64-34-16-7-17-35-64)67-49-62(57-26-10-4-11-27-57)48-66(51-67)84-54-85(80-79(84)81-44-45-82-80)78-68(58-28-12-5-13-29-58)39-23-40-69(78)61-33-22-32-60(47-61)56-24-8-3-9-25-56;/h3-45,47-50,53-55H,46H2,1-2H3;/q-3;/i5D,12D,13D,28D,29D,46D2;. The summed E-state index contributed by atoms with van der Waals surface area (Å²) in [5, 5.41) is 0. The topological polar surface area (TPSA) is 51.6 Å². The van der Waals surface area contributed by atoms with Crippen molar-refractivity contribution < 1.29 is 30.7 Å². The predicted octanol–water partition coefficient (Wildman–Crippen LogP) is 21.0. The van der Waals surface area contributed by atoms with Crippen molar-refractivity contribution in [3.63, 3.8) is 0 Å². The van der Waals surface area contributed by atoms with Gasteiger partial charge in [0.05, 0.1) is 12.5 Å². The molecule has 7 nitrogen and oxygen atoms in total. The Morgan fingerprint density at radius 1 is 0.466 bits per heavy atom. The van der Waals surface area contributed by atoms with Gasteiger partial charge in [-0.3, -0.25) is 0 Å². The Hall–Kier alpha value is -10.5. The second-order valence-electron chi connectivity index (χ2n) is 21.6. The quantitative estimate of drug-likeness (QED) is 0.107. The van der Waals surface area contributed by atoms with Crippen LogP contribution in [0, 0.1) is 24.7 Å². The summed E-state index contributed by atoms with van der Waals surface area (Å²) < 4.78 is 64.6. The molecule has 2 aromatic heterocycles. The molecular formula is C80H58N7Pt-3. The molecule has 0 bridgehead atoms. The number of hydrogen-bond donors (Lipinski definition) is 0. The van der Waals surface area contributed by atoms with E-state index in [0.717, 1.165) is 67.0 Å². The van der Waals surface area contributed by atoms with E-state index in [1.54, 1.807) is 18.5 Å². The average Bonchev–Trinajstić information content (AvgIpc) is 1.70. The van der Waals surface area contributed by atoms with Crippen molar-refractivity contribution >= 4 is 57.3 Å². The normalized spacial score (nSPS) is 13.4. The van der Waals surface area contributed by atoms with Crippen LogP contribution in [0.1, 0.15) is 29.0 Å². The van der Waals surface area contributed by atoms with Crippen molar-refractivity contribution in [3.8, 4) is 77.9 Å². The number of rotatable bonds is 13. The van der Waals surface area contributed by atoms with Gasteiger partial charge in [0.25, 0.3) is 0 Å². The first-order chi connectivity index (χ1) is 45.8. The Balaban J connectivity index is 0.00000778. The molecule has 0 radical (unpaired) electrons. The Labute approximate surface area is 539 Å². The number of aromatic nitrogens is 3. The van der Waals surface area contributed by atoms with Gasteiger partial charge in [0.1, 0.15) is 17.5 Å². The van der Waals surface area contributed by atoms with Gasteiger partial charge in [-0.1, -0.05) is 255 Å². The molecule has 15 rings (SSSR count). The van der Waals surface area contributed by atoms with Crippen LogP contribution < -0.4 is 19.6 Å². The zero-order chi connectivity index (χ0) is 64.4. The zero-order valence-electron chi connectivity index (χ0n) is 54.9. The monoisotopic (exact) mass is 1320 g/mol. The second kappa shape index (κ2) is 24.1. The van der Waals surface area contributed by atoms with E-state index in [0.29, 0.717) is 68.1 Å². The largest absolute Gasteiger partial charge is 0.477 e. The van der Waals surface area contributed by atoms with Gasteiger partial charge in [-0.2, -0.15) is 6.07 Å². The van der Waals surface area contributed by atoms with Gasteiger partial charge >= 0.3 is 0 Å². The maximum Gasteiger partial charge on any atom is 0.145 e. The van der Waals surface area contributed by atoms with Crippen molar-refractivity contribution in [2.45, 2.75) is 20.2 Å². The third-order valence-corrected chi connectivity index (χ3v) is 15.8. The van der Waals surface area contributed by atoms with Gasteiger partial charge < -0.3 is 19.6 Å². The number of fused-ring (bicyclic) bond motifs is 6. The minimum absolute atomic E-state index is 0. The maximum absolute atomic E-state index is 9.71. The number of hydrogen-bond acceptors (Lipinski definition) is 7. The molecule has 0 saturated heterocycles. The molecule has 0 fully saturated rings. The summed E-state index contributed by atoms with van der Waals surface area (Å²) in [4.78, 5) is 23.5. The third-order valence-electron chi connectivity index (χ3n) is 15.8. The van der Waals surface area contributed by atoms with Gasteiger partial charge in [-0.15, -0.1) is 53.8 Å². The van der Waals surface area contributed by atoms with E-state index in [9.17, 15) is 5.48 Å². The van der Waals surface area contributed by atoms with Crippen molar-refractivity contribution in [2.75, 3.05) is 19.6 Å². The summed E-state index contributed by atoms with van der Waals surface area (Å²) in [6, 6.07) is 86.9. The second-order valence-corrected chi connectivity index (χ2v) is 21.6. The fourth-order valence-electron chi connectivity index (χ4n) is 12.0. The zero-order valence-corrected chi connectivity index (χ0v) is 50.2. The van der Waals surface area contributed by atoms with Crippen molar-refractivity contribution in [1.29, 1.82) is 0 Å². The van der Waals surface area contributed by atoms with Gasteiger partial charge in [0.2, 0.25) is 0 Å². The summed E-state index contributed by atoms with van der Waals surface area (Å²) >= 11 is 0. The van der Waals surface area contributed by atoms with Crippen LogP contribution in [0.2, 0.25) is 0 Å². The van der Waals surface area contributed by atoms with E-state index in [1.807, 2.05) is 164 Å². The predicted molar refractivity (Wildman–Crippen MR) is 358 cm³/mol. The Morgan fingerprint density at radius 2 is 1.03 bits per heavy atom. The number of benzene rings is 11. The Morgan fingerprint density at radius 3 is 1.74 bits per heavy atom. The van der Waals surface area contributed by atoms with Crippen LogP contribution in [0.4, 0.5) is 57.3 Å². The first-order valence-corrected chi connectivity index (χ1v) is 29.0. The molecule has 0 atom stereocenters. The van der Waals surface area contributed by atoms with Crippen LogP contribution >= 0.6 is 0 Å². The first-order valence-electron chi connectivity index (χ1n) is 32.5. The molecule has 4 heterocycles. The molecule has 0 unspecified atom stereocenters.